The number of nitrogens with zero attached hydrogens (tertiary/aromatic N) is 2. The highest BCUT2D eigenvalue weighted by Gasteiger charge is 2.28. The van der Waals surface area contributed by atoms with Gasteiger partial charge in [0.25, 0.3) is 5.56 Å². The van der Waals surface area contributed by atoms with E-state index in [-0.39, 0.29) is 35.9 Å². The minimum atomic E-state index is -0.546. The molecule has 0 radical (unpaired) electrons. The lowest BCUT2D eigenvalue weighted by molar-refractivity contribution is -0.142. The third kappa shape index (κ3) is 4.12. The van der Waals surface area contributed by atoms with Gasteiger partial charge in [-0.05, 0) is 51.3 Å². The van der Waals surface area contributed by atoms with Gasteiger partial charge in [-0.15, -0.1) is 0 Å². The van der Waals surface area contributed by atoms with E-state index in [0.29, 0.717) is 33.5 Å². The minimum absolute atomic E-state index is 0.00616. The summed E-state index contributed by atoms with van der Waals surface area (Å²) in [5.41, 5.74) is 2.46. The maximum Gasteiger partial charge on any atom is 0.306 e. The van der Waals surface area contributed by atoms with Crippen LogP contribution in [0.4, 0.5) is 0 Å². The number of para-hydroxylation sites is 1. The molecule has 0 saturated heterocycles. The highest BCUT2D eigenvalue weighted by Crippen LogP contribution is 2.35. The normalized spacial score (nSPS) is 13.3. The van der Waals surface area contributed by atoms with Crippen LogP contribution in [-0.2, 0) is 16.0 Å². The predicted octanol–water partition coefficient (Wildman–Crippen LogP) is 3.24. The average Bonchev–Trinajstić information content (AvgIpc) is 3.54. The zero-order chi connectivity index (χ0) is 23.0. The van der Waals surface area contributed by atoms with E-state index in [9.17, 15) is 19.2 Å². The van der Waals surface area contributed by atoms with E-state index >= 15 is 0 Å². The molecule has 32 heavy (non-hydrogen) atoms. The van der Waals surface area contributed by atoms with Crippen molar-refractivity contribution < 1.29 is 19.1 Å². The van der Waals surface area contributed by atoms with Crippen molar-refractivity contribution >= 4 is 28.4 Å². The van der Waals surface area contributed by atoms with Gasteiger partial charge >= 0.3 is 5.97 Å². The molecule has 0 spiro atoms. The molecular weight excluding hydrogens is 410 g/mol. The Kier molecular flexibility index (Phi) is 5.78. The second-order valence-electron chi connectivity index (χ2n) is 8.22. The third-order valence-corrected chi connectivity index (χ3v) is 5.78. The fraction of sp³-hybridized carbons (Fsp3) is 0.375. The number of aryl methyl sites for hydroxylation is 2. The Hall–Kier alpha value is -3.55. The number of hydrogen-bond acceptors (Lipinski definition) is 6. The summed E-state index contributed by atoms with van der Waals surface area (Å²) >= 11 is 0. The molecule has 1 fully saturated rings. The van der Waals surface area contributed by atoms with E-state index in [1.54, 1.807) is 30.5 Å². The van der Waals surface area contributed by atoms with Crippen LogP contribution in [0.1, 0.15) is 70.2 Å². The second-order valence-corrected chi connectivity index (χ2v) is 8.22. The van der Waals surface area contributed by atoms with Crippen LogP contribution < -0.4 is 5.56 Å². The van der Waals surface area contributed by atoms with Crippen molar-refractivity contribution in [2.75, 3.05) is 6.61 Å². The monoisotopic (exact) mass is 435 g/mol. The first-order valence-corrected chi connectivity index (χ1v) is 10.7. The summed E-state index contributed by atoms with van der Waals surface area (Å²) in [5.74, 6) is -0.515. The van der Waals surface area contributed by atoms with E-state index in [1.165, 1.54) is 6.92 Å². The molecule has 2 heterocycles. The summed E-state index contributed by atoms with van der Waals surface area (Å²) in [6, 6.07) is 7.30. The van der Waals surface area contributed by atoms with Crippen LogP contribution in [-0.4, -0.2) is 38.7 Å². The van der Waals surface area contributed by atoms with E-state index in [4.69, 9.17) is 4.74 Å². The molecule has 166 valence electrons. The lowest BCUT2D eigenvalue weighted by Crippen LogP contribution is -2.25. The van der Waals surface area contributed by atoms with Gasteiger partial charge in [0.2, 0.25) is 5.78 Å². The number of esters is 1. The number of nitrogens with one attached hydrogen (secondary N) is 1. The number of ketones is 2. The number of H-pyrrole nitrogens is 1. The number of aromatic amines is 1. The van der Waals surface area contributed by atoms with Gasteiger partial charge in [-0.2, -0.15) is 0 Å². The highest BCUT2D eigenvalue weighted by atomic mass is 16.5. The molecule has 2 aromatic heterocycles. The van der Waals surface area contributed by atoms with Gasteiger partial charge < -0.3 is 9.72 Å². The maximum absolute atomic E-state index is 12.9. The van der Waals surface area contributed by atoms with Crippen molar-refractivity contribution in [3.63, 3.8) is 0 Å². The number of carbonyl (C=O) groups is 3. The number of benzene rings is 1. The molecule has 1 aliphatic carbocycles. The molecule has 1 saturated carbocycles. The van der Waals surface area contributed by atoms with Gasteiger partial charge in [0.15, 0.2) is 12.4 Å². The lowest BCUT2D eigenvalue weighted by Gasteiger charge is -2.12. The fourth-order valence-electron chi connectivity index (χ4n) is 4.14. The van der Waals surface area contributed by atoms with Gasteiger partial charge in [0, 0.05) is 23.7 Å². The Bertz CT molecular complexity index is 1300. The molecule has 0 amide bonds. The number of hydrogen-bond donors (Lipinski definition) is 1. The molecule has 4 rings (SSSR count). The van der Waals surface area contributed by atoms with Crippen molar-refractivity contribution in [3.8, 4) is 0 Å². The highest BCUT2D eigenvalue weighted by molar-refractivity contribution is 6.04. The molecule has 0 aliphatic heterocycles. The van der Waals surface area contributed by atoms with E-state index in [1.807, 2.05) is 12.1 Å². The van der Waals surface area contributed by atoms with E-state index in [2.05, 4.69) is 9.97 Å². The summed E-state index contributed by atoms with van der Waals surface area (Å²) in [5, 5.41) is 0.567. The maximum atomic E-state index is 12.9. The summed E-state index contributed by atoms with van der Waals surface area (Å²) < 4.78 is 6.86. The van der Waals surface area contributed by atoms with Crippen molar-refractivity contribution in [3.05, 3.63) is 63.0 Å². The SMILES string of the molecule is CC(=O)c1c(C)[nH]c(C(=O)COC(=O)CCc2nc3ccccc3c(=O)n2C2CC2)c1C. The van der Waals surface area contributed by atoms with Crippen LogP contribution >= 0.6 is 0 Å². The first kappa shape index (κ1) is 21.7. The van der Waals surface area contributed by atoms with Crippen molar-refractivity contribution in [1.82, 2.24) is 14.5 Å². The fourth-order valence-corrected chi connectivity index (χ4v) is 4.14. The number of aromatic nitrogens is 3. The summed E-state index contributed by atoms with van der Waals surface area (Å²) in [4.78, 5) is 57.0. The molecule has 8 heteroatoms. The van der Waals surface area contributed by atoms with Crippen LogP contribution in [0.2, 0.25) is 0 Å². The quantitative estimate of drug-likeness (QED) is 0.430. The molecular formula is C24H25N3O5. The Morgan fingerprint density at radius 3 is 2.56 bits per heavy atom. The number of ether oxygens (including phenoxy) is 1. The lowest BCUT2D eigenvalue weighted by atomic mass is 10.1. The van der Waals surface area contributed by atoms with Gasteiger partial charge in [0.1, 0.15) is 5.82 Å². The first-order valence-electron chi connectivity index (χ1n) is 10.7. The third-order valence-electron chi connectivity index (χ3n) is 5.78. The Balaban J connectivity index is 1.43. The Labute approximate surface area is 184 Å². The van der Waals surface area contributed by atoms with E-state index in [0.717, 1.165) is 12.8 Å². The molecule has 3 aromatic rings. The molecule has 0 bridgehead atoms. The smallest absolute Gasteiger partial charge is 0.306 e. The zero-order valence-corrected chi connectivity index (χ0v) is 18.4. The van der Waals surface area contributed by atoms with Crippen LogP contribution in [0.25, 0.3) is 10.9 Å². The number of Topliss-reactive ketones (excluding diaryl/α,β-unsaturated/α-hetero) is 2. The van der Waals surface area contributed by atoms with Crippen LogP contribution in [0.3, 0.4) is 0 Å². The molecule has 0 atom stereocenters. The Morgan fingerprint density at radius 1 is 1.19 bits per heavy atom. The molecule has 1 aromatic carbocycles. The standard InChI is InChI=1S/C24H25N3O5/c1-13-22(15(3)28)14(2)25-23(13)19(29)12-32-21(30)11-10-20-26-18-7-5-4-6-17(18)24(31)27(20)16-8-9-16/h4-7,16,25H,8-12H2,1-3H3. The summed E-state index contributed by atoms with van der Waals surface area (Å²) in [7, 11) is 0. The number of rotatable bonds is 8. The van der Waals surface area contributed by atoms with Gasteiger partial charge in [-0.3, -0.25) is 23.7 Å². The van der Waals surface area contributed by atoms with Crippen molar-refractivity contribution in [2.45, 2.75) is 52.5 Å². The first-order chi connectivity index (χ1) is 15.3. The van der Waals surface area contributed by atoms with Crippen molar-refractivity contribution in [1.29, 1.82) is 0 Å². The second kappa shape index (κ2) is 8.53. The number of fused-ring (bicyclic) bond motifs is 1. The van der Waals surface area contributed by atoms with Crippen LogP contribution in [0, 0.1) is 13.8 Å². The van der Waals surface area contributed by atoms with Crippen LogP contribution in [0.5, 0.6) is 0 Å². The molecule has 8 nitrogen and oxygen atoms in total. The van der Waals surface area contributed by atoms with Crippen molar-refractivity contribution in [2.24, 2.45) is 0 Å². The van der Waals surface area contributed by atoms with E-state index < -0.39 is 18.4 Å². The summed E-state index contributed by atoms with van der Waals surface area (Å²) in [6.07, 6.45) is 2.09. The topological polar surface area (TPSA) is 111 Å². The molecule has 1 aliphatic rings. The van der Waals surface area contributed by atoms with Gasteiger partial charge in [0.05, 0.1) is 23.0 Å². The largest absolute Gasteiger partial charge is 0.457 e. The van der Waals surface area contributed by atoms with Gasteiger partial charge in [-0.1, -0.05) is 12.1 Å². The minimum Gasteiger partial charge on any atom is -0.457 e. The Morgan fingerprint density at radius 2 is 1.91 bits per heavy atom. The zero-order valence-electron chi connectivity index (χ0n) is 18.4. The van der Waals surface area contributed by atoms with Crippen LogP contribution in [0.15, 0.2) is 29.1 Å². The number of carbonyl (C=O) groups excluding carboxylic acids is 3. The predicted molar refractivity (Wildman–Crippen MR) is 118 cm³/mol. The van der Waals surface area contributed by atoms with Gasteiger partial charge in [-0.25, -0.2) is 4.98 Å². The molecule has 0 unspecified atom stereocenters. The summed E-state index contributed by atoms with van der Waals surface area (Å²) in [6.45, 7) is 4.44. The molecule has 1 N–H and O–H groups in total. The average molecular weight is 435 g/mol.